The van der Waals surface area contributed by atoms with Crippen LogP contribution in [-0.4, -0.2) is 410 Å². The molecule has 0 amide bonds. The maximum Gasteiger partial charge on any atom is 0.373 e. The zero-order valence-electron chi connectivity index (χ0n) is 70.6. The van der Waals surface area contributed by atoms with Crippen LogP contribution in [0.2, 0.25) is 0 Å². The van der Waals surface area contributed by atoms with E-state index in [4.69, 9.17) is 159 Å². The standard InChI is InChI=1S/C13H29N3O2.3C13H31N3.16CO2.CH4/c1-11(2)12(14(3)4)9-15(5)7-8-16(6)10-13(17)18;1-12(2)13(3)16(7)11-10-15(6)9-8-14(4)5;1-8-15(6)9-10-16(7)13(12(2)3)11-14(4)5;1-7-15(6)9-11-16(12-13(2)3)10-8-14(4)5;16*2-1-3;/h11-12H,7-10H2,1-6H3,(H,17,18);2*12-13H,8-11H2,1-7H3;13H,7-12H2,1-6H3;;;;;;;;;;;;;;;;;1H4. The van der Waals surface area contributed by atoms with Crippen molar-refractivity contribution in [3.05, 3.63) is 0 Å². The van der Waals surface area contributed by atoms with E-state index in [1.165, 1.54) is 26.2 Å². The smallest absolute Gasteiger partial charge is 0.373 e. The van der Waals surface area contributed by atoms with Gasteiger partial charge in [0, 0.05) is 116 Å². The van der Waals surface area contributed by atoms with Crippen molar-refractivity contribution < 1.29 is 163 Å². The highest BCUT2D eigenvalue weighted by molar-refractivity contribution is 5.69. The summed E-state index contributed by atoms with van der Waals surface area (Å²) in [5, 5.41) is 8.68. The lowest BCUT2D eigenvalue weighted by molar-refractivity contribution is -0.193. The van der Waals surface area contributed by atoms with E-state index in [0.717, 1.165) is 96.9 Å². The molecule has 0 aliphatic rings. The number of hydrogen-bond donors (Lipinski definition) is 1. The van der Waals surface area contributed by atoms with Crippen LogP contribution in [0.5, 0.6) is 0 Å². The van der Waals surface area contributed by atoms with Crippen LogP contribution in [0.4, 0.5) is 0 Å². The molecule has 0 saturated carbocycles. The Balaban J connectivity index is -0.0000000453. The number of carbonyl (C=O) groups is 1. The molecule has 1 N–H and O–H groups in total. The predicted molar refractivity (Wildman–Crippen MR) is 381 cm³/mol. The summed E-state index contributed by atoms with van der Waals surface area (Å²) < 4.78 is 0. The predicted octanol–water partition coefficient (Wildman–Crippen LogP) is -3.81. The average molecular weight is 1670 g/mol. The molecule has 3 atom stereocenters. The summed E-state index contributed by atoms with van der Waals surface area (Å²) in [7, 11) is 32.1. The van der Waals surface area contributed by atoms with Crippen LogP contribution < -0.4 is 0 Å². The van der Waals surface area contributed by atoms with Crippen molar-refractivity contribution in [3.63, 3.8) is 0 Å². The molecule has 0 saturated heterocycles. The second-order valence-electron chi connectivity index (χ2n) is 23.4. The summed E-state index contributed by atoms with van der Waals surface area (Å²) in [5.41, 5.74) is 0. The van der Waals surface area contributed by atoms with Crippen molar-refractivity contribution in [2.45, 2.75) is 102 Å². The summed E-state index contributed by atoms with van der Waals surface area (Å²) in [6, 6.07) is 1.85. The normalized spacial score (nSPS) is 9.03. The third-order valence-electron chi connectivity index (χ3n) is 12.7. The van der Waals surface area contributed by atoms with Crippen LogP contribution in [0.25, 0.3) is 0 Å². The topological polar surface area (TPSA) is 622 Å². The van der Waals surface area contributed by atoms with Crippen LogP contribution >= 0.6 is 0 Å². The molecule has 0 aliphatic carbocycles. The maximum absolute atomic E-state index is 10.5. The van der Waals surface area contributed by atoms with E-state index in [0.29, 0.717) is 30.0 Å². The van der Waals surface area contributed by atoms with Gasteiger partial charge in [0.15, 0.2) is 0 Å². The Hall–Kier alpha value is -10.9. The van der Waals surface area contributed by atoms with E-state index in [1.807, 2.05) is 11.9 Å². The molecule has 0 aromatic heterocycles. The highest BCUT2D eigenvalue weighted by Gasteiger charge is 2.20. The minimum atomic E-state index is -0.770. The van der Waals surface area contributed by atoms with Gasteiger partial charge < -0.3 is 59.0 Å². The Morgan fingerprint density at radius 2 is 0.487 bits per heavy atom. The lowest BCUT2D eigenvalue weighted by Gasteiger charge is -2.34. The quantitative estimate of drug-likeness (QED) is 0.0645. The molecule has 0 bridgehead atoms. The highest BCUT2D eigenvalue weighted by atomic mass is 16.4. The van der Waals surface area contributed by atoms with E-state index in [-0.39, 0.29) is 112 Å². The zero-order chi connectivity index (χ0) is 95.6. The molecule has 666 valence electrons. The molecule has 46 nitrogen and oxygen atoms in total. The van der Waals surface area contributed by atoms with Crippen LogP contribution in [0.3, 0.4) is 0 Å². The molecule has 46 heteroatoms. The second-order valence-corrected chi connectivity index (χ2v) is 23.4. The molecule has 0 aromatic carbocycles. The number of likely N-dealkylation sites (N-methyl/N-ethyl adjacent to an activating group) is 11. The molecule has 3 unspecified atom stereocenters. The van der Waals surface area contributed by atoms with E-state index in [1.54, 1.807) is 0 Å². The lowest BCUT2D eigenvalue weighted by Crippen LogP contribution is -2.45. The highest BCUT2D eigenvalue weighted by Crippen LogP contribution is 2.11. The number of carboxylic acid groups (broad SMARTS) is 1. The Morgan fingerprint density at radius 3 is 0.713 bits per heavy atom. The Morgan fingerprint density at radius 1 is 0.261 bits per heavy atom. The molecule has 0 fully saturated rings. The fourth-order valence-electron chi connectivity index (χ4n) is 7.06. The van der Waals surface area contributed by atoms with Crippen molar-refractivity contribution in [2.24, 2.45) is 23.7 Å². The van der Waals surface area contributed by atoms with Gasteiger partial charge in [-0.25, -0.2) is 0 Å². The summed E-state index contributed by atoms with van der Waals surface area (Å²) in [5.74, 6) is 2.04. The summed E-state index contributed by atoms with van der Waals surface area (Å²) in [6.45, 7) is 44.0. The van der Waals surface area contributed by atoms with Gasteiger partial charge in [0.1, 0.15) is 0 Å². The van der Waals surface area contributed by atoms with Gasteiger partial charge in [-0.15, -0.1) is 0 Å². The summed E-state index contributed by atoms with van der Waals surface area (Å²) in [6.07, 6.45) is 4.00. The van der Waals surface area contributed by atoms with Gasteiger partial charge in [0.05, 0.1) is 6.54 Å². The van der Waals surface area contributed by atoms with Gasteiger partial charge in [-0.2, -0.15) is 153 Å². The minimum absolute atomic E-state index is 0. The number of hydrogen-bond acceptors (Lipinski definition) is 45. The molecule has 0 radical (unpaired) electrons. The number of rotatable bonds is 34. The minimum Gasteiger partial charge on any atom is -0.480 e. The Kier molecular flexibility index (Phi) is 217. The number of aliphatic carboxylic acids is 1. The number of carboxylic acids is 1. The second kappa shape index (κ2) is 156. The third-order valence-corrected chi connectivity index (χ3v) is 12.7. The van der Waals surface area contributed by atoms with Gasteiger partial charge in [-0.05, 0) is 149 Å². The first-order chi connectivity index (χ1) is 53.0. The van der Waals surface area contributed by atoms with Gasteiger partial charge in [-0.1, -0.05) is 76.7 Å². The number of carbonyl (C=O) groups excluding carboxylic acids is 32. The summed E-state index contributed by atoms with van der Waals surface area (Å²) >= 11 is 0. The monoisotopic (exact) mass is 1670 g/mol. The average Bonchev–Trinajstić information content (AvgIpc) is 0.940. The molecular formula is C69H126N12O34. The van der Waals surface area contributed by atoms with E-state index >= 15 is 0 Å². The zero-order valence-corrected chi connectivity index (χ0v) is 70.6. The van der Waals surface area contributed by atoms with Crippen molar-refractivity contribution in [1.82, 2.24) is 58.8 Å². The van der Waals surface area contributed by atoms with Gasteiger partial charge in [0.25, 0.3) is 0 Å². The van der Waals surface area contributed by atoms with Crippen LogP contribution in [0, 0.1) is 23.7 Å². The SMILES string of the molecule is C.CC(C)C(C)N(C)CCN(C)CCN(C)C.CC(C)C(CN(C)CCN(C)CC(=O)O)N(C)C.CCN(C)CCN(C)C(CN(C)C)C(C)C.CCN(C)CCN(CCN(C)C)CC(C)C.O=C=O.O=C=O.O=C=O.O=C=O.O=C=O.O=C=O.O=C=O.O=C=O.O=C=O.O=C=O.O=C=O.O=C=O.O=C=O.O=C=O.O=C=O.O=C=O. The Labute approximate surface area is 673 Å². The van der Waals surface area contributed by atoms with E-state index in [2.05, 4.69) is 229 Å². The van der Waals surface area contributed by atoms with Crippen molar-refractivity contribution in [1.29, 1.82) is 0 Å². The van der Waals surface area contributed by atoms with Crippen molar-refractivity contribution in [2.75, 3.05) is 224 Å². The molecule has 0 heterocycles. The van der Waals surface area contributed by atoms with Gasteiger partial charge in [0.2, 0.25) is 0 Å². The van der Waals surface area contributed by atoms with Gasteiger partial charge >= 0.3 is 104 Å². The molecular weight excluding hydrogens is 1540 g/mol. The first kappa shape index (κ1) is 160. The maximum atomic E-state index is 10.5. The fraction of sp³-hybridized carbons (Fsp3) is 0.754. The first-order valence-corrected chi connectivity index (χ1v) is 32.3. The largest absolute Gasteiger partial charge is 0.480 e. The number of nitrogens with zero attached hydrogens (tertiary/aromatic N) is 12. The molecule has 0 aliphatic heterocycles. The van der Waals surface area contributed by atoms with E-state index in [9.17, 15) is 4.79 Å². The molecule has 0 spiro atoms. The first-order valence-electron chi connectivity index (χ1n) is 32.3. The van der Waals surface area contributed by atoms with Gasteiger partial charge in [-0.3, -0.25) is 9.69 Å². The fourth-order valence-corrected chi connectivity index (χ4v) is 7.06. The third kappa shape index (κ3) is 265. The van der Waals surface area contributed by atoms with Crippen molar-refractivity contribution in [3.8, 4) is 0 Å². The summed E-state index contributed by atoms with van der Waals surface area (Å²) in [4.78, 5) is 298. The van der Waals surface area contributed by atoms with Crippen LogP contribution in [0.1, 0.15) is 83.6 Å². The van der Waals surface area contributed by atoms with Crippen molar-refractivity contribution >= 4 is 104 Å². The molecule has 0 aromatic rings. The van der Waals surface area contributed by atoms with Crippen LogP contribution in [0.15, 0.2) is 0 Å². The molecule has 115 heavy (non-hydrogen) atoms. The molecule has 0 rings (SSSR count). The van der Waals surface area contributed by atoms with E-state index < -0.39 is 5.97 Å². The Bertz CT molecular complexity index is 2210. The lowest BCUT2D eigenvalue weighted by atomic mass is 10.0. The van der Waals surface area contributed by atoms with Crippen LogP contribution in [-0.2, 0) is 158 Å².